The summed E-state index contributed by atoms with van der Waals surface area (Å²) in [4.78, 5) is 18.8. The Bertz CT molecular complexity index is 582. The van der Waals surface area contributed by atoms with Gasteiger partial charge in [-0.15, -0.1) is 24.0 Å². The minimum atomic E-state index is -0.0365. The highest BCUT2D eigenvalue weighted by atomic mass is 127. The third kappa shape index (κ3) is 7.52. The van der Waals surface area contributed by atoms with Crippen molar-refractivity contribution in [3.63, 3.8) is 0 Å². The number of nitrogens with zero attached hydrogens (tertiary/aromatic N) is 2. The van der Waals surface area contributed by atoms with Crippen molar-refractivity contribution < 1.29 is 4.79 Å². The summed E-state index contributed by atoms with van der Waals surface area (Å²) in [6, 6.07) is 7.42. The minimum Gasteiger partial charge on any atom is -0.356 e. The molecule has 1 aliphatic heterocycles. The SMILES string of the molecule is CN=C(NCCCNC(=O)c1cccc(Br)c1)N1CCCC(C)C1.I. The first-order valence-corrected chi connectivity index (χ1v) is 9.39. The Kier molecular flexibility index (Phi) is 10.4. The molecule has 0 saturated carbocycles. The first kappa shape index (κ1) is 22.2. The highest BCUT2D eigenvalue weighted by molar-refractivity contribution is 14.0. The molecule has 0 spiro atoms. The van der Waals surface area contributed by atoms with Crippen LogP contribution in [0.4, 0.5) is 0 Å². The van der Waals surface area contributed by atoms with Gasteiger partial charge in [0.15, 0.2) is 5.96 Å². The van der Waals surface area contributed by atoms with Crippen molar-refractivity contribution in [2.45, 2.75) is 26.2 Å². The van der Waals surface area contributed by atoms with Crippen molar-refractivity contribution in [3.05, 3.63) is 34.3 Å². The van der Waals surface area contributed by atoms with Gasteiger partial charge in [0.25, 0.3) is 5.91 Å². The van der Waals surface area contributed by atoms with E-state index in [-0.39, 0.29) is 29.9 Å². The van der Waals surface area contributed by atoms with Crippen molar-refractivity contribution in [1.82, 2.24) is 15.5 Å². The zero-order valence-electron chi connectivity index (χ0n) is 14.9. The molecule has 5 nitrogen and oxygen atoms in total. The lowest BCUT2D eigenvalue weighted by atomic mass is 10.0. The summed E-state index contributed by atoms with van der Waals surface area (Å²) in [6.07, 6.45) is 3.39. The van der Waals surface area contributed by atoms with Crippen LogP contribution in [0.15, 0.2) is 33.7 Å². The van der Waals surface area contributed by atoms with Crippen LogP contribution >= 0.6 is 39.9 Å². The number of halogens is 2. The third-order valence-corrected chi connectivity index (χ3v) is 4.67. The molecule has 1 aromatic rings. The predicted molar refractivity (Wildman–Crippen MR) is 118 cm³/mol. The molecule has 2 N–H and O–H groups in total. The lowest BCUT2D eigenvalue weighted by Gasteiger charge is -2.33. The van der Waals surface area contributed by atoms with Crippen LogP contribution in [0.2, 0.25) is 0 Å². The van der Waals surface area contributed by atoms with Crippen molar-refractivity contribution in [2.75, 3.05) is 33.2 Å². The maximum Gasteiger partial charge on any atom is 0.251 e. The van der Waals surface area contributed by atoms with Crippen molar-refractivity contribution in [1.29, 1.82) is 0 Å². The molecule has 140 valence electrons. The molecule has 0 aliphatic carbocycles. The van der Waals surface area contributed by atoms with E-state index in [9.17, 15) is 4.79 Å². The molecule has 1 unspecified atom stereocenters. The summed E-state index contributed by atoms with van der Waals surface area (Å²) >= 11 is 3.38. The molecule has 0 bridgehead atoms. The van der Waals surface area contributed by atoms with Crippen LogP contribution in [0.5, 0.6) is 0 Å². The summed E-state index contributed by atoms with van der Waals surface area (Å²) in [7, 11) is 1.83. The van der Waals surface area contributed by atoms with E-state index < -0.39 is 0 Å². The fraction of sp³-hybridized carbons (Fsp3) is 0.556. The Morgan fingerprint density at radius 3 is 2.80 bits per heavy atom. The largest absolute Gasteiger partial charge is 0.356 e. The van der Waals surface area contributed by atoms with Gasteiger partial charge in [0.05, 0.1) is 0 Å². The molecule has 1 fully saturated rings. The van der Waals surface area contributed by atoms with E-state index in [1.807, 2.05) is 31.3 Å². The van der Waals surface area contributed by atoms with Crippen LogP contribution in [-0.2, 0) is 0 Å². The highest BCUT2D eigenvalue weighted by Crippen LogP contribution is 2.15. The fourth-order valence-corrected chi connectivity index (χ4v) is 3.34. The van der Waals surface area contributed by atoms with Crippen LogP contribution in [0.3, 0.4) is 0 Å². The van der Waals surface area contributed by atoms with E-state index in [1.165, 1.54) is 12.8 Å². The summed E-state index contributed by atoms with van der Waals surface area (Å²) in [5.74, 6) is 1.66. The average molecular weight is 523 g/mol. The van der Waals surface area contributed by atoms with Crippen LogP contribution in [0.1, 0.15) is 36.5 Å². The van der Waals surface area contributed by atoms with Gasteiger partial charge in [0.1, 0.15) is 0 Å². The van der Waals surface area contributed by atoms with Crippen LogP contribution in [-0.4, -0.2) is 50.0 Å². The second kappa shape index (κ2) is 11.7. The quantitative estimate of drug-likeness (QED) is 0.269. The Morgan fingerprint density at radius 2 is 2.12 bits per heavy atom. The molecule has 1 aliphatic rings. The Morgan fingerprint density at radius 1 is 1.36 bits per heavy atom. The lowest BCUT2D eigenvalue weighted by Crippen LogP contribution is -2.46. The van der Waals surface area contributed by atoms with Crippen molar-refractivity contribution in [2.24, 2.45) is 10.9 Å². The van der Waals surface area contributed by atoms with Gasteiger partial charge in [0, 0.05) is 43.3 Å². The highest BCUT2D eigenvalue weighted by Gasteiger charge is 2.18. The Balaban J connectivity index is 0.00000312. The molecule has 1 amide bonds. The van der Waals surface area contributed by atoms with E-state index >= 15 is 0 Å². The Hall–Kier alpha value is -0.830. The van der Waals surface area contributed by atoms with Crippen LogP contribution in [0.25, 0.3) is 0 Å². The van der Waals surface area contributed by atoms with Crippen LogP contribution < -0.4 is 10.6 Å². The molecule has 1 atom stereocenters. The minimum absolute atomic E-state index is 0. The number of carbonyl (C=O) groups is 1. The van der Waals surface area contributed by atoms with E-state index in [0.29, 0.717) is 12.1 Å². The second-order valence-corrected chi connectivity index (χ2v) is 7.20. The van der Waals surface area contributed by atoms with Crippen molar-refractivity contribution >= 4 is 51.8 Å². The summed E-state index contributed by atoms with van der Waals surface area (Å²) in [6.45, 7) is 5.88. The first-order chi connectivity index (χ1) is 11.6. The molecule has 1 saturated heterocycles. The van der Waals surface area contributed by atoms with Gasteiger partial charge in [-0.05, 0) is 43.4 Å². The van der Waals surface area contributed by atoms with Gasteiger partial charge in [-0.2, -0.15) is 0 Å². The summed E-state index contributed by atoms with van der Waals surface area (Å²) < 4.78 is 0.913. The number of benzene rings is 1. The maximum absolute atomic E-state index is 12.0. The standard InChI is InChI=1S/C18H27BrN4O.HI/c1-14-6-4-11-23(13-14)18(20-2)22-10-5-9-21-17(24)15-7-3-8-16(19)12-15;/h3,7-8,12,14H,4-6,9-11,13H2,1-2H3,(H,20,22)(H,21,24);1H. The fourth-order valence-electron chi connectivity index (χ4n) is 2.94. The number of guanidine groups is 1. The van der Waals surface area contributed by atoms with Gasteiger partial charge in [-0.1, -0.05) is 28.9 Å². The summed E-state index contributed by atoms with van der Waals surface area (Å²) in [5, 5.41) is 6.35. The monoisotopic (exact) mass is 522 g/mol. The number of aliphatic imine (C=N–C) groups is 1. The number of carbonyl (C=O) groups excluding carboxylic acids is 1. The number of hydrogen-bond acceptors (Lipinski definition) is 2. The molecule has 1 aromatic carbocycles. The predicted octanol–water partition coefficient (Wildman–Crippen LogP) is 3.49. The molecule has 7 heteroatoms. The van der Waals surface area contributed by atoms with Gasteiger partial charge in [-0.25, -0.2) is 0 Å². The molecule has 0 aromatic heterocycles. The average Bonchev–Trinajstić information content (AvgIpc) is 2.58. The number of likely N-dealkylation sites (tertiary alicyclic amines) is 1. The van der Waals surface area contributed by atoms with Gasteiger partial charge < -0.3 is 15.5 Å². The first-order valence-electron chi connectivity index (χ1n) is 8.59. The number of nitrogens with one attached hydrogen (secondary N) is 2. The van der Waals surface area contributed by atoms with E-state index in [2.05, 4.69) is 43.4 Å². The van der Waals surface area contributed by atoms with Crippen LogP contribution in [0, 0.1) is 5.92 Å². The van der Waals surface area contributed by atoms with Gasteiger partial charge in [0.2, 0.25) is 0 Å². The molecule has 25 heavy (non-hydrogen) atoms. The van der Waals surface area contributed by atoms with E-state index in [4.69, 9.17) is 0 Å². The number of hydrogen-bond donors (Lipinski definition) is 2. The van der Waals surface area contributed by atoms with Gasteiger partial charge >= 0.3 is 0 Å². The van der Waals surface area contributed by atoms with Gasteiger partial charge in [-0.3, -0.25) is 9.79 Å². The van der Waals surface area contributed by atoms with E-state index in [0.717, 1.165) is 42.4 Å². The lowest BCUT2D eigenvalue weighted by molar-refractivity contribution is 0.0953. The third-order valence-electron chi connectivity index (χ3n) is 4.18. The number of rotatable bonds is 5. The zero-order valence-corrected chi connectivity index (χ0v) is 18.8. The zero-order chi connectivity index (χ0) is 17.4. The summed E-state index contributed by atoms with van der Waals surface area (Å²) in [5.41, 5.74) is 0.676. The van der Waals surface area contributed by atoms with Crippen molar-refractivity contribution in [3.8, 4) is 0 Å². The van der Waals surface area contributed by atoms with E-state index in [1.54, 1.807) is 0 Å². The molecule has 0 radical (unpaired) electrons. The normalized spacial score (nSPS) is 17.6. The smallest absolute Gasteiger partial charge is 0.251 e. The maximum atomic E-state index is 12.0. The second-order valence-electron chi connectivity index (χ2n) is 6.29. The molecular weight excluding hydrogens is 495 g/mol. The Labute approximate surface area is 176 Å². The molecular formula is C18H28BrIN4O. The molecule has 2 rings (SSSR count). The number of amides is 1. The number of piperidine rings is 1. The molecule has 1 heterocycles. The topological polar surface area (TPSA) is 56.7 Å².